The lowest BCUT2D eigenvalue weighted by Crippen LogP contribution is -2.45. The first-order valence-corrected chi connectivity index (χ1v) is 10.7. The maximum absolute atomic E-state index is 12.8. The lowest BCUT2D eigenvalue weighted by Gasteiger charge is -2.31. The molecule has 1 aromatic carbocycles. The summed E-state index contributed by atoms with van der Waals surface area (Å²) in [5.74, 6) is 0. The molecule has 0 aromatic heterocycles. The highest BCUT2D eigenvalue weighted by Gasteiger charge is 2.27. The van der Waals surface area contributed by atoms with Crippen molar-refractivity contribution in [3.05, 3.63) is 29.8 Å². The predicted molar refractivity (Wildman–Crippen MR) is 90.6 cm³/mol. The van der Waals surface area contributed by atoms with Gasteiger partial charge in [0.05, 0.1) is 4.90 Å². The number of carboxylic acid groups (broad SMARTS) is 1. The summed E-state index contributed by atoms with van der Waals surface area (Å²) >= 11 is 0. The summed E-state index contributed by atoms with van der Waals surface area (Å²) < 4.78 is 42.6. The molecule has 24 heavy (non-hydrogen) atoms. The Morgan fingerprint density at radius 2 is 1.75 bits per heavy atom. The van der Waals surface area contributed by atoms with E-state index < -0.39 is 26.0 Å². The molecular formula is C14H21N3O5S2. The fourth-order valence-corrected chi connectivity index (χ4v) is 6.04. The van der Waals surface area contributed by atoms with Gasteiger partial charge in [-0.25, -0.2) is 13.3 Å². The first-order chi connectivity index (χ1) is 11.1. The zero-order valence-corrected chi connectivity index (χ0v) is 15.1. The number of rotatable bonds is 4. The van der Waals surface area contributed by atoms with E-state index in [-0.39, 0.29) is 10.9 Å². The lowest BCUT2D eigenvalue weighted by molar-refractivity contribution is 0.183. The number of amides is 1. The predicted octanol–water partition coefficient (Wildman–Crippen LogP) is 1.43. The van der Waals surface area contributed by atoms with Gasteiger partial charge in [0.25, 0.3) is 10.0 Å². The molecule has 2 N–H and O–H groups in total. The molecule has 1 aliphatic rings. The third kappa shape index (κ3) is 4.68. The van der Waals surface area contributed by atoms with Gasteiger partial charge in [0.2, 0.25) is 0 Å². The number of nitrogens with one attached hydrogen (secondary N) is 1. The highest BCUT2D eigenvalue weighted by Crippen LogP contribution is 2.19. The van der Waals surface area contributed by atoms with Gasteiger partial charge in [0.15, 0.2) is 0 Å². The summed E-state index contributed by atoms with van der Waals surface area (Å²) in [7, 11) is -7.12. The monoisotopic (exact) mass is 375 g/mol. The van der Waals surface area contributed by atoms with Crippen LogP contribution in [0.1, 0.15) is 18.4 Å². The molecular weight excluding hydrogens is 354 g/mol. The van der Waals surface area contributed by atoms with Crippen LogP contribution in [0.25, 0.3) is 0 Å². The normalized spacial score (nSPS) is 19.4. The molecule has 2 rings (SSSR count). The standard InChI is InChI=1S/C14H21N3O5S2/c1-11-3-5-13(6-4-11)24(21,22)16-23(2,20)17-9-7-12(8-10-17)15-14(18)19/h3-6,12,15H,7-10H2,1-2H3,(H,18,19). The lowest BCUT2D eigenvalue weighted by atomic mass is 10.1. The van der Waals surface area contributed by atoms with E-state index in [1.54, 1.807) is 12.1 Å². The van der Waals surface area contributed by atoms with E-state index in [1.165, 1.54) is 22.7 Å². The van der Waals surface area contributed by atoms with Gasteiger partial charge < -0.3 is 10.4 Å². The van der Waals surface area contributed by atoms with Crippen LogP contribution in [0, 0.1) is 6.92 Å². The number of aryl methyl sites for hydroxylation is 1. The summed E-state index contributed by atoms with van der Waals surface area (Å²) in [6.45, 7) is 2.46. The second-order valence-corrected chi connectivity index (χ2v) is 9.84. The van der Waals surface area contributed by atoms with Gasteiger partial charge in [-0.2, -0.15) is 8.42 Å². The quantitative estimate of drug-likeness (QED) is 0.826. The number of carbonyl (C=O) groups is 1. The highest BCUT2D eigenvalue weighted by molar-refractivity contribution is 8.01. The maximum atomic E-state index is 12.8. The van der Waals surface area contributed by atoms with Crippen LogP contribution in [0.5, 0.6) is 0 Å². The van der Waals surface area contributed by atoms with E-state index in [4.69, 9.17) is 5.11 Å². The molecule has 8 nitrogen and oxygen atoms in total. The Kier molecular flexibility index (Phi) is 5.51. The molecule has 1 unspecified atom stereocenters. The van der Waals surface area contributed by atoms with Crippen LogP contribution in [-0.2, 0) is 19.9 Å². The molecule has 0 bridgehead atoms. The van der Waals surface area contributed by atoms with Crippen LogP contribution < -0.4 is 5.32 Å². The van der Waals surface area contributed by atoms with Crippen LogP contribution in [0.2, 0.25) is 0 Å². The average Bonchev–Trinajstić information content (AvgIpc) is 2.46. The molecule has 1 amide bonds. The number of hydrogen-bond donors (Lipinski definition) is 2. The Morgan fingerprint density at radius 3 is 2.25 bits per heavy atom. The fourth-order valence-electron chi connectivity index (χ4n) is 2.50. The van der Waals surface area contributed by atoms with E-state index in [0.717, 1.165) is 5.56 Å². The van der Waals surface area contributed by atoms with Crippen molar-refractivity contribution >= 4 is 26.0 Å². The Labute approximate surface area is 142 Å². The zero-order chi connectivity index (χ0) is 18.0. The van der Waals surface area contributed by atoms with E-state index in [2.05, 4.69) is 9.08 Å². The summed E-state index contributed by atoms with van der Waals surface area (Å²) in [5, 5.41) is 11.1. The van der Waals surface area contributed by atoms with Gasteiger partial charge in [0, 0.05) is 25.4 Å². The maximum Gasteiger partial charge on any atom is 0.404 e. The number of piperidine rings is 1. The molecule has 0 spiro atoms. The van der Waals surface area contributed by atoms with Crippen LogP contribution in [-0.4, -0.2) is 53.5 Å². The molecule has 1 aromatic rings. The van der Waals surface area contributed by atoms with Crippen molar-refractivity contribution in [2.75, 3.05) is 19.3 Å². The number of benzene rings is 1. The minimum Gasteiger partial charge on any atom is -0.465 e. The van der Waals surface area contributed by atoms with E-state index >= 15 is 0 Å². The Bertz CT molecular complexity index is 818. The van der Waals surface area contributed by atoms with Crippen molar-refractivity contribution in [2.45, 2.75) is 30.7 Å². The molecule has 1 fully saturated rings. The molecule has 134 valence electrons. The van der Waals surface area contributed by atoms with Gasteiger partial charge in [-0.3, -0.25) is 0 Å². The first kappa shape index (κ1) is 18.7. The Hall–Kier alpha value is -1.65. The minimum atomic E-state index is -4.02. The van der Waals surface area contributed by atoms with Crippen molar-refractivity contribution in [3.8, 4) is 0 Å². The topological polar surface area (TPSA) is 116 Å². The largest absolute Gasteiger partial charge is 0.465 e. The first-order valence-electron chi connectivity index (χ1n) is 7.40. The fraction of sp³-hybridized carbons (Fsp3) is 0.500. The second-order valence-electron chi connectivity index (χ2n) is 5.78. The number of nitrogens with zero attached hydrogens (tertiary/aromatic N) is 2. The van der Waals surface area contributed by atoms with E-state index in [1.807, 2.05) is 6.92 Å². The summed E-state index contributed by atoms with van der Waals surface area (Å²) in [5.41, 5.74) is 0.916. The molecule has 1 aliphatic heterocycles. The smallest absolute Gasteiger partial charge is 0.404 e. The van der Waals surface area contributed by atoms with Crippen molar-refractivity contribution in [2.24, 2.45) is 3.77 Å². The minimum absolute atomic E-state index is 0.00473. The van der Waals surface area contributed by atoms with Crippen LogP contribution in [0.3, 0.4) is 0 Å². The van der Waals surface area contributed by atoms with Crippen LogP contribution in [0.4, 0.5) is 4.79 Å². The molecule has 10 heteroatoms. The SMILES string of the molecule is Cc1ccc(S(=O)(=O)N=S(C)(=O)N2CCC(NC(=O)O)CC2)cc1. The van der Waals surface area contributed by atoms with Crippen LogP contribution in [0.15, 0.2) is 32.9 Å². The molecule has 1 atom stereocenters. The van der Waals surface area contributed by atoms with Gasteiger partial charge in [-0.05, 0) is 31.9 Å². The van der Waals surface area contributed by atoms with Gasteiger partial charge in [-0.1, -0.05) is 21.5 Å². The van der Waals surface area contributed by atoms with Crippen molar-refractivity contribution in [1.82, 2.24) is 9.62 Å². The van der Waals surface area contributed by atoms with Crippen molar-refractivity contribution in [3.63, 3.8) is 0 Å². The molecule has 1 heterocycles. The van der Waals surface area contributed by atoms with Gasteiger partial charge in [-0.15, -0.1) is 0 Å². The highest BCUT2D eigenvalue weighted by atomic mass is 32.3. The summed E-state index contributed by atoms with van der Waals surface area (Å²) in [4.78, 5) is 10.6. The molecule has 0 radical (unpaired) electrons. The van der Waals surface area contributed by atoms with Crippen LogP contribution >= 0.6 is 0 Å². The third-order valence-corrected chi connectivity index (χ3v) is 7.90. The number of hydrogen-bond acceptors (Lipinski definition) is 4. The third-order valence-electron chi connectivity index (χ3n) is 3.82. The average molecular weight is 375 g/mol. The summed E-state index contributed by atoms with van der Waals surface area (Å²) in [6, 6.07) is 5.97. The van der Waals surface area contributed by atoms with E-state index in [0.29, 0.717) is 25.9 Å². The zero-order valence-electron chi connectivity index (χ0n) is 13.5. The van der Waals surface area contributed by atoms with E-state index in [9.17, 15) is 17.4 Å². The van der Waals surface area contributed by atoms with Crippen molar-refractivity contribution in [1.29, 1.82) is 0 Å². The Morgan fingerprint density at radius 1 is 1.21 bits per heavy atom. The van der Waals surface area contributed by atoms with Gasteiger partial charge in [0.1, 0.15) is 9.92 Å². The molecule has 0 saturated carbocycles. The summed E-state index contributed by atoms with van der Waals surface area (Å²) in [6.07, 6.45) is 1.11. The molecule has 0 aliphatic carbocycles. The molecule has 1 saturated heterocycles. The second kappa shape index (κ2) is 7.08. The number of sulfonamides is 1. The van der Waals surface area contributed by atoms with Crippen molar-refractivity contribution < 1.29 is 22.5 Å². The van der Waals surface area contributed by atoms with Gasteiger partial charge >= 0.3 is 6.09 Å². The Balaban J connectivity index is 2.17.